The van der Waals surface area contributed by atoms with Gasteiger partial charge in [-0.3, -0.25) is 4.98 Å². The maximum absolute atomic E-state index is 9.97. The van der Waals surface area contributed by atoms with Gasteiger partial charge < -0.3 is 5.11 Å². The lowest BCUT2D eigenvalue weighted by molar-refractivity contribution is 0.178. The predicted molar refractivity (Wildman–Crippen MR) is 62.2 cm³/mol. The van der Waals surface area contributed by atoms with Crippen molar-refractivity contribution in [2.75, 3.05) is 0 Å². The number of halogens is 1. The molecule has 0 aliphatic carbocycles. The van der Waals surface area contributed by atoms with E-state index in [-0.39, 0.29) is 0 Å². The van der Waals surface area contributed by atoms with Crippen molar-refractivity contribution in [1.82, 2.24) is 4.98 Å². The topological polar surface area (TPSA) is 33.1 Å². The quantitative estimate of drug-likeness (QED) is 0.893. The van der Waals surface area contributed by atoms with Gasteiger partial charge in [-0.15, -0.1) is 0 Å². The Bertz CT molecular complexity index is 430. The van der Waals surface area contributed by atoms with Crippen LogP contribution >= 0.6 is 22.9 Å². The third-order valence-corrected chi connectivity index (χ3v) is 3.22. The number of aliphatic hydroxyl groups excluding tert-OH is 1. The molecule has 1 N–H and O–H groups in total. The zero-order chi connectivity index (χ0) is 10.7. The molecule has 0 fully saturated rings. The summed E-state index contributed by atoms with van der Waals surface area (Å²) in [7, 11) is 0. The summed E-state index contributed by atoms with van der Waals surface area (Å²) in [6.45, 7) is 0. The maximum Gasteiger partial charge on any atom is 0.0846 e. The van der Waals surface area contributed by atoms with E-state index >= 15 is 0 Å². The number of hydrogen-bond acceptors (Lipinski definition) is 3. The first kappa shape index (κ1) is 10.6. The van der Waals surface area contributed by atoms with Gasteiger partial charge in [-0.25, -0.2) is 0 Å². The Kier molecular flexibility index (Phi) is 3.36. The summed E-state index contributed by atoms with van der Waals surface area (Å²) in [5.41, 5.74) is 1.86. The van der Waals surface area contributed by atoms with E-state index in [1.807, 2.05) is 16.8 Å². The number of aliphatic hydroxyl groups is 1. The number of aromatic nitrogens is 1. The number of rotatable bonds is 3. The monoisotopic (exact) mass is 239 g/mol. The first-order chi connectivity index (χ1) is 7.27. The van der Waals surface area contributed by atoms with Crippen molar-refractivity contribution in [3.63, 3.8) is 0 Å². The minimum absolute atomic E-state index is 0.514. The molecule has 0 amide bonds. The fourth-order valence-electron chi connectivity index (χ4n) is 1.40. The molecule has 2 heterocycles. The highest BCUT2D eigenvalue weighted by molar-refractivity contribution is 7.07. The average molecular weight is 240 g/mol. The van der Waals surface area contributed by atoms with E-state index in [4.69, 9.17) is 11.6 Å². The van der Waals surface area contributed by atoms with Crippen LogP contribution in [0.25, 0.3) is 0 Å². The second kappa shape index (κ2) is 4.75. The lowest BCUT2D eigenvalue weighted by Crippen LogP contribution is -2.01. The van der Waals surface area contributed by atoms with Crippen LogP contribution in [0.5, 0.6) is 0 Å². The van der Waals surface area contributed by atoms with Crippen LogP contribution in [-0.4, -0.2) is 10.1 Å². The Balaban J connectivity index is 2.15. The summed E-state index contributed by atoms with van der Waals surface area (Å²) >= 11 is 7.56. The highest BCUT2D eigenvalue weighted by Crippen LogP contribution is 2.25. The molecule has 2 aromatic rings. The average Bonchev–Trinajstić information content (AvgIpc) is 2.71. The van der Waals surface area contributed by atoms with Gasteiger partial charge >= 0.3 is 0 Å². The van der Waals surface area contributed by atoms with E-state index < -0.39 is 6.10 Å². The Hall–Kier alpha value is -0.900. The van der Waals surface area contributed by atoms with Crippen molar-refractivity contribution in [2.45, 2.75) is 12.5 Å². The summed E-state index contributed by atoms with van der Waals surface area (Å²) in [5, 5.41) is 14.5. The second-order valence-electron chi connectivity index (χ2n) is 3.25. The van der Waals surface area contributed by atoms with E-state index in [1.54, 1.807) is 29.8 Å². The van der Waals surface area contributed by atoms with E-state index in [0.717, 1.165) is 11.1 Å². The fraction of sp³-hybridized carbons (Fsp3) is 0.182. The van der Waals surface area contributed by atoms with Gasteiger partial charge in [0, 0.05) is 24.4 Å². The Morgan fingerprint density at radius 2 is 2.33 bits per heavy atom. The molecule has 2 aromatic heterocycles. The van der Waals surface area contributed by atoms with E-state index in [1.165, 1.54) is 0 Å². The van der Waals surface area contributed by atoms with Crippen LogP contribution < -0.4 is 0 Å². The van der Waals surface area contributed by atoms with Crippen LogP contribution in [-0.2, 0) is 6.42 Å². The van der Waals surface area contributed by atoms with Crippen molar-refractivity contribution < 1.29 is 5.11 Å². The lowest BCUT2D eigenvalue weighted by Gasteiger charge is -2.10. The smallest absolute Gasteiger partial charge is 0.0846 e. The van der Waals surface area contributed by atoms with Gasteiger partial charge in [0.25, 0.3) is 0 Å². The SMILES string of the molecule is OC(Cc1ccsc1)c1ccncc1Cl. The molecule has 1 unspecified atom stereocenters. The normalized spacial score (nSPS) is 12.7. The Morgan fingerprint density at radius 3 is 3.00 bits per heavy atom. The van der Waals surface area contributed by atoms with Crippen molar-refractivity contribution in [3.8, 4) is 0 Å². The minimum Gasteiger partial charge on any atom is -0.388 e. The van der Waals surface area contributed by atoms with E-state index in [9.17, 15) is 5.11 Å². The molecule has 0 aromatic carbocycles. The molecular formula is C11H10ClNOS. The molecule has 78 valence electrons. The summed E-state index contributed by atoms with van der Waals surface area (Å²) in [5.74, 6) is 0. The fourth-order valence-corrected chi connectivity index (χ4v) is 2.33. The van der Waals surface area contributed by atoms with Crippen molar-refractivity contribution in [3.05, 3.63) is 51.4 Å². The highest BCUT2D eigenvalue weighted by Gasteiger charge is 2.12. The second-order valence-corrected chi connectivity index (χ2v) is 4.44. The third-order valence-electron chi connectivity index (χ3n) is 2.17. The Morgan fingerprint density at radius 1 is 1.47 bits per heavy atom. The van der Waals surface area contributed by atoms with Gasteiger partial charge in [0.05, 0.1) is 11.1 Å². The van der Waals surface area contributed by atoms with Crippen molar-refractivity contribution >= 4 is 22.9 Å². The molecule has 0 saturated carbocycles. The molecule has 1 atom stereocenters. The molecule has 0 spiro atoms. The standard InChI is InChI=1S/C11H10ClNOS/c12-10-6-13-3-1-9(10)11(14)5-8-2-4-15-7-8/h1-4,6-7,11,14H,5H2. The van der Waals surface area contributed by atoms with Gasteiger partial charge in [0.2, 0.25) is 0 Å². The first-order valence-corrected chi connectivity index (χ1v) is 5.88. The van der Waals surface area contributed by atoms with Crippen LogP contribution in [0.3, 0.4) is 0 Å². The number of hydrogen-bond donors (Lipinski definition) is 1. The number of thiophene rings is 1. The van der Waals surface area contributed by atoms with E-state index in [2.05, 4.69) is 4.98 Å². The molecule has 0 aliphatic heterocycles. The maximum atomic E-state index is 9.97. The minimum atomic E-state index is -0.560. The summed E-state index contributed by atoms with van der Waals surface area (Å²) in [4.78, 5) is 3.88. The van der Waals surface area contributed by atoms with Crippen LogP contribution in [0, 0.1) is 0 Å². The molecule has 0 saturated heterocycles. The molecule has 0 radical (unpaired) electrons. The van der Waals surface area contributed by atoms with Crippen LogP contribution in [0.1, 0.15) is 17.2 Å². The lowest BCUT2D eigenvalue weighted by atomic mass is 10.0. The number of nitrogens with zero attached hydrogens (tertiary/aromatic N) is 1. The largest absolute Gasteiger partial charge is 0.388 e. The number of pyridine rings is 1. The highest BCUT2D eigenvalue weighted by atomic mass is 35.5. The van der Waals surface area contributed by atoms with Gasteiger partial charge in [0.15, 0.2) is 0 Å². The zero-order valence-electron chi connectivity index (χ0n) is 7.93. The summed E-state index contributed by atoms with van der Waals surface area (Å²) in [6, 6.07) is 3.75. The van der Waals surface area contributed by atoms with Crippen LogP contribution in [0.2, 0.25) is 5.02 Å². The third kappa shape index (κ3) is 2.56. The van der Waals surface area contributed by atoms with E-state index in [0.29, 0.717) is 11.4 Å². The first-order valence-electron chi connectivity index (χ1n) is 4.56. The Labute approximate surface area is 97.2 Å². The molecule has 2 nitrogen and oxygen atoms in total. The zero-order valence-corrected chi connectivity index (χ0v) is 9.50. The van der Waals surface area contributed by atoms with Gasteiger partial charge in [0.1, 0.15) is 0 Å². The molecule has 0 aliphatic rings. The van der Waals surface area contributed by atoms with Crippen LogP contribution in [0.4, 0.5) is 0 Å². The van der Waals surface area contributed by atoms with Crippen LogP contribution in [0.15, 0.2) is 35.3 Å². The van der Waals surface area contributed by atoms with Crippen molar-refractivity contribution in [1.29, 1.82) is 0 Å². The molecule has 4 heteroatoms. The molecule has 0 bridgehead atoms. The van der Waals surface area contributed by atoms with Gasteiger partial charge in [-0.1, -0.05) is 11.6 Å². The van der Waals surface area contributed by atoms with Gasteiger partial charge in [-0.2, -0.15) is 11.3 Å². The summed E-state index contributed by atoms with van der Waals surface area (Å²) < 4.78 is 0. The molecular weight excluding hydrogens is 230 g/mol. The molecule has 2 rings (SSSR count). The predicted octanol–water partition coefficient (Wildman–Crippen LogP) is 3.07. The van der Waals surface area contributed by atoms with Gasteiger partial charge in [-0.05, 0) is 28.5 Å². The van der Waals surface area contributed by atoms with Crippen molar-refractivity contribution in [2.24, 2.45) is 0 Å². The summed E-state index contributed by atoms with van der Waals surface area (Å²) in [6.07, 6.45) is 3.22. The molecule has 15 heavy (non-hydrogen) atoms.